The third-order valence-electron chi connectivity index (χ3n) is 5.13. The van der Waals surface area contributed by atoms with E-state index >= 15 is 0 Å². The van der Waals surface area contributed by atoms with Gasteiger partial charge in [0, 0.05) is 27.4 Å². The van der Waals surface area contributed by atoms with Crippen molar-refractivity contribution in [3.8, 4) is 22.7 Å². The number of carbonyl (C=O) groups is 1. The van der Waals surface area contributed by atoms with Crippen LogP contribution in [0, 0.1) is 24.4 Å². The van der Waals surface area contributed by atoms with E-state index in [9.17, 15) is 23.1 Å². The van der Waals surface area contributed by atoms with Gasteiger partial charge in [-0.25, -0.2) is 18.0 Å². The maximum atomic E-state index is 14.8. The molecular weight excluding hydrogens is 499 g/mol. The van der Waals surface area contributed by atoms with E-state index in [-0.39, 0.29) is 23.4 Å². The zero-order valence-corrected chi connectivity index (χ0v) is 18.9. The fourth-order valence-corrected chi connectivity index (χ4v) is 3.87. The summed E-state index contributed by atoms with van der Waals surface area (Å²) < 4.78 is 50.2. The number of carboxylic acids is 1. The van der Waals surface area contributed by atoms with Gasteiger partial charge in [-0.05, 0) is 67.6 Å². The van der Waals surface area contributed by atoms with Gasteiger partial charge >= 0.3 is 5.97 Å². The summed E-state index contributed by atoms with van der Waals surface area (Å²) in [6.07, 6.45) is 0. The fourth-order valence-electron chi connectivity index (χ4n) is 3.51. The third-order valence-corrected chi connectivity index (χ3v) is 5.62. The largest absolute Gasteiger partial charge is 0.488 e. The first-order valence-electron chi connectivity index (χ1n) is 9.83. The Morgan fingerprint density at radius 3 is 2.48 bits per heavy atom. The van der Waals surface area contributed by atoms with Crippen LogP contribution >= 0.6 is 15.9 Å². The zero-order valence-electron chi connectivity index (χ0n) is 17.3. The molecule has 0 atom stereocenters. The molecule has 0 aliphatic heterocycles. The Hall–Kier alpha value is -3.52. The number of aryl methyl sites for hydroxylation is 1. The monoisotopic (exact) mass is 515 g/mol. The number of benzene rings is 3. The van der Waals surface area contributed by atoms with Crippen molar-refractivity contribution in [1.29, 1.82) is 0 Å². The van der Waals surface area contributed by atoms with E-state index in [2.05, 4.69) is 15.9 Å². The molecule has 0 amide bonds. The molecule has 8 heteroatoms. The number of aromatic nitrogens is 1. The number of hydrogen-bond acceptors (Lipinski definition) is 2. The number of ether oxygens (including phenoxy) is 1. The predicted octanol–water partition coefficient (Wildman–Crippen LogP) is 6.91. The van der Waals surface area contributed by atoms with E-state index in [4.69, 9.17) is 4.74 Å². The first-order chi connectivity index (χ1) is 15.7. The molecule has 0 aliphatic carbocycles. The third kappa shape index (κ3) is 4.66. The molecule has 1 aromatic heterocycles. The van der Waals surface area contributed by atoms with Crippen molar-refractivity contribution in [2.75, 3.05) is 0 Å². The maximum absolute atomic E-state index is 14.8. The number of aromatic carboxylic acids is 1. The molecule has 4 aromatic rings. The highest BCUT2D eigenvalue weighted by molar-refractivity contribution is 9.10. The second-order valence-corrected chi connectivity index (χ2v) is 8.25. The average Bonchev–Trinajstić information content (AvgIpc) is 3.15. The van der Waals surface area contributed by atoms with Gasteiger partial charge in [0.05, 0.1) is 16.9 Å². The van der Waals surface area contributed by atoms with Gasteiger partial charge in [0.15, 0.2) is 0 Å². The quantitative estimate of drug-likeness (QED) is 0.303. The zero-order chi connectivity index (χ0) is 23.7. The second kappa shape index (κ2) is 9.15. The van der Waals surface area contributed by atoms with Crippen LogP contribution in [-0.2, 0) is 6.61 Å². The minimum absolute atomic E-state index is 0.0528. The minimum atomic E-state index is -1.17. The van der Waals surface area contributed by atoms with Crippen LogP contribution in [0.5, 0.6) is 5.75 Å². The minimum Gasteiger partial charge on any atom is -0.488 e. The standard InChI is InChI=1S/C25H17BrF3NO3/c1-14-2-8-22(30(14)23-10-15(25(31)32)4-7-20(23)28)19-11-17(26)5-9-24(19)33-13-16-3-6-18(27)12-21(16)29/h2-12H,13H2,1H3,(H,31,32). The molecule has 0 bridgehead atoms. The molecule has 0 radical (unpaired) electrons. The molecule has 1 N–H and O–H groups in total. The van der Waals surface area contributed by atoms with Gasteiger partial charge < -0.3 is 14.4 Å². The normalized spacial score (nSPS) is 10.9. The number of rotatable bonds is 6. The topological polar surface area (TPSA) is 51.5 Å². The molecule has 0 aliphatic rings. The summed E-state index contributed by atoms with van der Waals surface area (Å²) >= 11 is 3.42. The van der Waals surface area contributed by atoms with Gasteiger partial charge in [-0.3, -0.25) is 0 Å². The summed E-state index contributed by atoms with van der Waals surface area (Å²) in [4.78, 5) is 11.4. The van der Waals surface area contributed by atoms with Crippen molar-refractivity contribution in [1.82, 2.24) is 4.57 Å². The molecule has 0 spiro atoms. The van der Waals surface area contributed by atoms with Crippen LogP contribution in [0.25, 0.3) is 16.9 Å². The van der Waals surface area contributed by atoms with Crippen molar-refractivity contribution in [3.05, 3.63) is 105 Å². The molecule has 1 heterocycles. The lowest BCUT2D eigenvalue weighted by atomic mass is 10.1. The number of halogens is 4. The Morgan fingerprint density at radius 2 is 1.76 bits per heavy atom. The van der Waals surface area contributed by atoms with E-state index < -0.39 is 23.4 Å². The van der Waals surface area contributed by atoms with Gasteiger partial charge in [-0.2, -0.15) is 0 Å². The Kier molecular flexibility index (Phi) is 6.29. The van der Waals surface area contributed by atoms with Crippen LogP contribution in [-0.4, -0.2) is 15.6 Å². The van der Waals surface area contributed by atoms with E-state index in [1.165, 1.54) is 18.2 Å². The van der Waals surface area contributed by atoms with E-state index in [0.717, 1.165) is 22.7 Å². The molecule has 0 saturated carbocycles. The van der Waals surface area contributed by atoms with Crippen molar-refractivity contribution >= 4 is 21.9 Å². The van der Waals surface area contributed by atoms with E-state index in [1.807, 2.05) is 0 Å². The highest BCUT2D eigenvalue weighted by Crippen LogP contribution is 2.36. The molecule has 33 heavy (non-hydrogen) atoms. The molecule has 4 nitrogen and oxygen atoms in total. The summed E-state index contributed by atoms with van der Waals surface area (Å²) in [5.74, 6) is -2.78. The average molecular weight is 516 g/mol. The van der Waals surface area contributed by atoms with Gasteiger partial charge in [-0.1, -0.05) is 15.9 Å². The first-order valence-corrected chi connectivity index (χ1v) is 10.6. The number of carboxylic acid groups (broad SMARTS) is 1. The van der Waals surface area contributed by atoms with E-state index in [0.29, 0.717) is 22.7 Å². The summed E-state index contributed by atoms with van der Waals surface area (Å²) in [5.41, 5.74) is 1.98. The predicted molar refractivity (Wildman–Crippen MR) is 121 cm³/mol. The molecule has 4 rings (SSSR count). The highest BCUT2D eigenvalue weighted by Gasteiger charge is 2.19. The smallest absolute Gasteiger partial charge is 0.335 e. The Labute approximate surface area is 196 Å². The number of nitrogens with zero attached hydrogens (tertiary/aromatic N) is 1. The number of hydrogen-bond donors (Lipinski definition) is 1. The van der Waals surface area contributed by atoms with Crippen molar-refractivity contribution in [3.63, 3.8) is 0 Å². The molecular formula is C25H17BrF3NO3. The molecule has 168 valence electrons. The molecule has 0 saturated heterocycles. The Balaban J connectivity index is 1.79. The van der Waals surface area contributed by atoms with Gasteiger partial charge in [0.2, 0.25) is 0 Å². The molecule has 0 unspecified atom stereocenters. The van der Waals surface area contributed by atoms with Gasteiger partial charge in [-0.15, -0.1) is 0 Å². The summed E-state index contributed by atoms with van der Waals surface area (Å²) in [6.45, 7) is 1.62. The second-order valence-electron chi connectivity index (χ2n) is 7.33. The lowest BCUT2D eigenvalue weighted by molar-refractivity contribution is 0.0696. The SMILES string of the molecule is Cc1ccc(-c2cc(Br)ccc2OCc2ccc(F)cc2F)n1-c1cc(C(=O)O)ccc1F. The Morgan fingerprint density at radius 1 is 0.970 bits per heavy atom. The Bertz CT molecular complexity index is 1370. The van der Waals surface area contributed by atoms with Crippen molar-refractivity contribution in [2.24, 2.45) is 0 Å². The fraction of sp³-hybridized carbons (Fsp3) is 0.0800. The molecule has 3 aromatic carbocycles. The van der Waals surface area contributed by atoms with Gasteiger partial charge in [0.25, 0.3) is 0 Å². The van der Waals surface area contributed by atoms with Crippen LogP contribution in [0.4, 0.5) is 13.2 Å². The molecule has 0 fully saturated rings. The van der Waals surface area contributed by atoms with Crippen LogP contribution < -0.4 is 4.74 Å². The van der Waals surface area contributed by atoms with Crippen molar-refractivity contribution < 1.29 is 27.8 Å². The van der Waals surface area contributed by atoms with E-state index in [1.54, 1.807) is 41.8 Å². The summed E-state index contributed by atoms with van der Waals surface area (Å²) in [6, 6.07) is 15.5. The lowest BCUT2D eigenvalue weighted by Crippen LogP contribution is -2.06. The van der Waals surface area contributed by atoms with Gasteiger partial charge in [0.1, 0.15) is 29.8 Å². The summed E-state index contributed by atoms with van der Waals surface area (Å²) in [7, 11) is 0. The first kappa shape index (κ1) is 22.7. The van der Waals surface area contributed by atoms with Crippen LogP contribution in [0.15, 0.2) is 71.2 Å². The van der Waals surface area contributed by atoms with Crippen LogP contribution in [0.2, 0.25) is 0 Å². The van der Waals surface area contributed by atoms with Crippen molar-refractivity contribution in [2.45, 2.75) is 13.5 Å². The van der Waals surface area contributed by atoms with Crippen LogP contribution in [0.3, 0.4) is 0 Å². The maximum Gasteiger partial charge on any atom is 0.335 e. The summed E-state index contributed by atoms with van der Waals surface area (Å²) in [5, 5.41) is 9.34. The van der Waals surface area contributed by atoms with Crippen LogP contribution in [0.1, 0.15) is 21.6 Å². The lowest BCUT2D eigenvalue weighted by Gasteiger charge is -2.17. The highest BCUT2D eigenvalue weighted by atomic mass is 79.9.